The van der Waals surface area contributed by atoms with Crippen LogP contribution in [0.1, 0.15) is 0 Å². The number of benzene rings is 9. The molecule has 3 aromatic heterocycles. The molecule has 57 heavy (non-hydrogen) atoms. The molecule has 0 radical (unpaired) electrons. The molecule has 0 aliphatic rings. The van der Waals surface area contributed by atoms with E-state index in [0.29, 0.717) is 17.5 Å². The Morgan fingerprint density at radius 3 is 1.58 bits per heavy atom. The van der Waals surface area contributed by atoms with Crippen LogP contribution in [-0.2, 0) is 0 Å². The first-order valence-corrected chi connectivity index (χ1v) is 19.9. The molecule has 0 unspecified atom stereocenters. The van der Waals surface area contributed by atoms with Gasteiger partial charge in [-0.2, -0.15) is 0 Å². The van der Waals surface area contributed by atoms with Gasteiger partial charge in [0.25, 0.3) is 0 Å². The third-order valence-corrected chi connectivity index (χ3v) is 12.5. The molecule has 12 aromatic rings. The molecule has 0 N–H and O–H groups in total. The van der Waals surface area contributed by atoms with E-state index in [1.54, 1.807) is 0 Å². The summed E-state index contributed by atoms with van der Waals surface area (Å²) in [5, 5.41) is 11.3. The summed E-state index contributed by atoms with van der Waals surface area (Å²) in [6.07, 6.45) is 0. The van der Waals surface area contributed by atoms with Crippen molar-refractivity contribution in [3.63, 3.8) is 0 Å². The van der Waals surface area contributed by atoms with E-state index < -0.39 is 0 Å². The summed E-state index contributed by atoms with van der Waals surface area (Å²) in [6, 6.07) is 64.4. The molecule has 0 aliphatic heterocycles. The van der Waals surface area contributed by atoms with Crippen LogP contribution in [0, 0.1) is 0 Å². The second-order valence-corrected chi connectivity index (χ2v) is 15.6. The highest BCUT2D eigenvalue weighted by molar-refractivity contribution is 7.26. The van der Waals surface area contributed by atoms with Gasteiger partial charge in [-0.3, -0.25) is 0 Å². The fourth-order valence-electron chi connectivity index (χ4n) is 8.53. The summed E-state index contributed by atoms with van der Waals surface area (Å²) < 4.78 is 2.53. The van der Waals surface area contributed by atoms with Gasteiger partial charge in [0, 0.05) is 47.8 Å². The molecule has 0 spiro atoms. The fourth-order valence-corrected chi connectivity index (χ4v) is 9.77. The number of aromatic nitrogens is 4. The third kappa shape index (κ3) is 5.13. The van der Waals surface area contributed by atoms with E-state index in [4.69, 9.17) is 19.9 Å². The van der Waals surface area contributed by atoms with Crippen molar-refractivity contribution < 1.29 is 0 Å². The molecular formula is C52H30N4S. The van der Waals surface area contributed by atoms with E-state index in [1.807, 2.05) is 41.7 Å². The van der Waals surface area contributed by atoms with Crippen molar-refractivity contribution in [2.24, 2.45) is 0 Å². The first-order valence-electron chi connectivity index (χ1n) is 19.1. The van der Waals surface area contributed by atoms with Gasteiger partial charge in [0.05, 0.1) is 11.2 Å². The van der Waals surface area contributed by atoms with Crippen molar-refractivity contribution in [1.82, 2.24) is 19.9 Å². The molecule has 0 amide bonds. The topological polar surface area (TPSA) is 51.6 Å². The molecule has 0 aliphatic carbocycles. The van der Waals surface area contributed by atoms with Crippen LogP contribution in [0.2, 0.25) is 0 Å². The summed E-state index contributed by atoms with van der Waals surface area (Å²) in [5.74, 6) is 1.89. The number of hydrogen-bond acceptors (Lipinski definition) is 5. The van der Waals surface area contributed by atoms with E-state index in [2.05, 4.69) is 152 Å². The van der Waals surface area contributed by atoms with Crippen molar-refractivity contribution in [2.75, 3.05) is 0 Å². The van der Waals surface area contributed by atoms with Crippen LogP contribution >= 0.6 is 11.3 Å². The smallest absolute Gasteiger partial charge is 0.164 e. The highest BCUT2D eigenvalue weighted by Crippen LogP contribution is 2.43. The minimum Gasteiger partial charge on any atom is -0.247 e. The lowest BCUT2D eigenvalue weighted by Gasteiger charge is -2.14. The van der Waals surface area contributed by atoms with Crippen molar-refractivity contribution >= 4 is 74.7 Å². The molecular weight excluding hydrogens is 713 g/mol. The minimum absolute atomic E-state index is 0.624. The standard InChI is InChI=1S/C52H30N4S/c1-2-9-36(10-3-1)50-54-51(37-23-17-31(18-24-37)39-29-27-34-20-19-32-11-8-12-33-28-30-40(39)46(34)45(32)33)56-52(55-50)38-25-21-35(22-26-38)48-47-42-14-5-7-16-44(42)57-49(47)41-13-4-6-15-43(41)53-48/h1-30H. The van der Waals surface area contributed by atoms with E-state index in [-0.39, 0.29) is 0 Å². The molecule has 264 valence electrons. The Kier molecular flexibility index (Phi) is 7.06. The van der Waals surface area contributed by atoms with Crippen molar-refractivity contribution in [1.29, 1.82) is 0 Å². The van der Waals surface area contributed by atoms with Gasteiger partial charge in [0.2, 0.25) is 0 Å². The molecule has 0 saturated heterocycles. The number of thiophene rings is 1. The monoisotopic (exact) mass is 742 g/mol. The molecule has 3 heterocycles. The van der Waals surface area contributed by atoms with Crippen LogP contribution < -0.4 is 0 Å². The van der Waals surface area contributed by atoms with Crippen LogP contribution in [0.4, 0.5) is 0 Å². The number of pyridine rings is 1. The SMILES string of the molecule is c1ccc(-c2nc(-c3ccc(-c4ccc5ccc6cccc7ccc4c5c67)cc3)nc(-c3ccc(-c4nc5ccccc5c5sc6ccccc6c45)cc3)n2)cc1. The van der Waals surface area contributed by atoms with Crippen molar-refractivity contribution in [3.05, 3.63) is 182 Å². The largest absolute Gasteiger partial charge is 0.247 e. The number of para-hydroxylation sites is 1. The van der Waals surface area contributed by atoms with E-state index >= 15 is 0 Å². The molecule has 0 fully saturated rings. The van der Waals surface area contributed by atoms with Crippen LogP contribution in [0.3, 0.4) is 0 Å². The maximum Gasteiger partial charge on any atom is 0.164 e. The maximum atomic E-state index is 5.24. The lowest BCUT2D eigenvalue weighted by molar-refractivity contribution is 1.07. The highest BCUT2D eigenvalue weighted by atomic mass is 32.1. The van der Waals surface area contributed by atoms with Gasteiger partial charge in [0.15, 0.2) is 17.5 Å². The summed E-state index contributed by atoms with van der Waals surface area (Å²) in [7, 11) is 0. The molecule has 12 rings (SSSR count). The highest BCUT2D eigenvalue weighted by Gasteiger charge is 2.18. The van der Waals surface area contributed by atoms with E-state index in [0.717, 1.165) is 39.0 Å². The normalized spacial score (nSPS) is 11.9. The Balaban J connectivity index is 0.957. The van der Waals surface area contributed by atoms with Crippen LogP contribution in [0.5, 0.6) is 0 Å². The lowest BCUT2D eigenvalue weighted by Crippen LogP contribution is -2.00. The van der Waals surface area contributed by atoms with Crippen molar-refractivity contribution in [2.45, 2.75) is 0 Å². The molecule has 0 atom stereocenters. The van der Waals surface area contributed by atoms with Gasteiger partial charge < -0.3 is 0 Å². The van der Waals surface area contributed by atoms with Crippen LogP contribution in [0.25, 0.3) is 120 Å². The number of nitrogens with zero attached hydrogens (tertiary/aromatic N) is 4. The number of rotatable bonds is 5. The predicted molar refractivity (Wildman–Crippen MR) is 239 cm³/mol. The zero-order valence-corrected chi connectivity index (χ0v) is 31.3. The number of fused-ring (bicyclic) bond motifs is 5. The lowest BCUT2D eigenvalue weighted by atomic mass is 9.90. The summed E-state index contributed by atoms with van der Waals surface area (Å²) >= 11 is 1.83. The zero-order valence-electron chi connectivity index (χ0n) is 30.5. The maximum absolute atomic E-state index is 5.24. The first kappa shape index (κ1) is 32.0. The summed E-state index contributed by atoms with van der Waals surface area (Å²) in [6.45, 7) is 0. The van der Waals surface area contributed by atoms with Crippen LogP contribution in [0.15, 0.2) is 182 Å². The molecule has 9 aromatic carbocycles. The van der Waals surface area contributed by atoms with Gasteiger partial charge in [-0.25, -0.2) is 19.9 Å². The zero-order chi connectivity index (χ0) is 37.5. The average molecular weight is 743 g/mol. The molecule has 0 bridgehead atoms. The van der Waals surface area contributed by atoms with E-state index in [9.17, 15) is 0 Å². The molecule has 5 heteroatoms. The Morgan fingerprint density at radius 1 is 0.316 bits per heavy atom. The van der Waals surface area contributed by atoms with Gasteiger partial charge in [-0.05, 0) is 55.6 Å². The quantitative estimate of drug-likeness (QED) is 0.165. The minimum atomic E-state index is 0.624. The first-order chi connectivity index (χ1) is 28.2. The average Bonchev–Trinajstić information content (AvgIpc) is 3.68. The van der Waals surface area contributed by atoms with Crippen molar-refractivity contribution in [3.8, 4) is 56.5 Å². The Morgan fingerprint density at radius 2 is 0.860 bits per heavy atom. The fraction of sp³-hybridized carbons (Fsp3) is 0. The third-order valence-electron chi connectivity index (χ3n) is 11.3. The van der Waals surface area contributed by atoms with Crippen LogP contribution in [-0.4, -0.2) is 19.9 Å². The molecule has 0 saturated carbocycles. The van der Waals surface area contributed by atoms with E-state index in [1.165, 1.54) is 63.4 Å². The Hall–Kier alpha value is -7.34. The predicted octanol–water partition coefficient (Wildman–Crippen LogP) is 14.0. The second kappa shape index (κ2) is 12.6. The Bertz CT molecular complexity index is 3480. The Labute approximate surface area is 331 Å². The van der Waals surface area contributed by atoms with Gasteiger partial charge in [-0.1, -0.05) is 170 Å². The molecule has 4 nitrogen and oxygen atoms in total. The van der Waals surface area contributed by atoms with Gasteiger partial charge in [-0.15, -0.1) is 11.3 Å². The van der Waals surface area contributed by atoms with Gasteiger partial charge in [0.1, 0.15) is 0 Å². The van der Waals surface area contributed by atoms with Gasteiger partial charge >= 0.3 is 0 Å². The second-order valence-electron chi connectivity index (χ2n) is 14.6. The number of hydrogen-bond donors (Lipinski definition) is 0. The summed E-state index contributed by atoms with van der Waals surface area (Å²) in [5.41, 5.74) is 8.18. The summed E-state index contributed by atoms with van der Waals surface area (Å²) in [4.78, 5) is 20.4.